The summed E-state index contributed by atoms with van der Waals surface area (Å²) < 4.78 is 5.63. The fraction of sp³-hybridized carbons (Fsp3) is 0.389. The predicted molar refractivity (Wildman–Crippen MR) is 99.0 cm³/mol. The summed E-state index contributed by atoms with van der Waals surface area (Å²) in [6.07, 6.45) is 0.896. The molecule has 0 fully saturated rings. The molecule has 1 aromatic heterocycles. The van der Waals surface area contributed by atoms with Crippen LogP contribution in [0.25, 0.3) is 0 Å². The van der Waals surface area contributed by atoms with Crippen molar-refractivity contribution in [1.82, 2.24) is 10.3 Å². The zero-order valence-electron chi connectivity index (χ0n) is 14.8. The van der Waals surface area contributed by atoms with Crippen molar-refractivity contribution >= 4 is 28.3 Å². The van der Waals surface area contributed by atoms with E-state index in [1.54, 1.807) is 18.5 Å². The van der Waals surface area contributed by atoms with Gasteiger partial charge in [0, 0.05) is 11.6 Å². The highest BCUT2D eigenvalue weighted by atomic mass is 32.1. The Balaban J connectivity index is 1.80. The van der Waals surface area contributed by atoms with Crippen LogP contribution in [0, 0.1) is 0 Å². The van der Waals surface area contributed by atoms with Crippen LogP contribution in [0.3, 0.4) is 0 Å². The van der Waals surface area contributed by atoms with Crippen LogP contribution < -0.4 is 15.4 Å². The highest BCUT2D eigenvalue weighted by Crippen LogP contribution is 2.24. The second-order valence-corrected chi connectivity index (χ2v) is 7.53. The molecule has 134 valence electrons. The molecule has 2 aromatic rings. The van der Waals surface area contributed by atoms with Crippen molar-refractivity contribution in [2.45, 2.75) is 39.2 Å². The van der Waals surface area contributed by atoms with Crippen molar-refractivity contribution in [1.29, 1.82) is 0 Å². The normalized spacial score (nSPS) is 12.3. The zero-order valence-corrected chi connectivity index (χ0v) is 15.6. The average molecular weight is 361 g/mol. The Morgan fingerprint density at radius 3 is 2.48 bits per heavy atom. The Morgan fingerprint density at radius 2 is 1.92 bits per heavy atom. The summed E-state index contributed by atoms with van der Waals surface area (Å²) in [5.41, 5.74) is 1.25. The molecule has 0 saturated heterocycles. The molecule has 0 aliphatic carbocycles. The summed E-state index contributed by atoms with van der Waals surface area (Å²) in [5, 5.41) is 7.41. The molecule has 0 unspecified atom stereocenters. The Hall–Kier alpha value is -2.41. The molecule has 6 nitrogen and oxygen atoms in total. The van der Waals surface area contributed by atoms with E-state index in [1.807, 2.05) is 24.3 Å². The molecule has 1 atom stereocenters. The van der Waals surface area contributed by atoms with Crippen LogP contribution in [0.5, 0.6) is 5.75 Å². The van der Waals surface area contributed by atoms with Crippen LogP contribution in [-0.2, 0) is 15.0 Å². The van der Waals surface area contributed by atoms with Crippen LogP contribution in [0.15, 0.2) is 35.8 Å². The Labute approximate surface area is 151 Å². The lowest BCUT2D eigenvalue weighted by Gasteiger charge is -2.20. The Bertz CT molecular complexity index is 706. The van der Waals surface area contributed by atoms with Gasteiger partial charge in [0.1, 0.15) is 5.75 Å². The number of aromatic nitrogens is 1. The summed E-state index contributed by atoms with van der Waals surface area (Å²) in [7, 11) is 0. The molecule has 7 heteroatoms. The number of rotatable bonds is 6. The third kappa shape index (κ3) is 5.86. The molecule has 0 saturated carbocycles. The Morgan fingerprint density at radius 1 is 1.24 bits per heavy atom. The van der Waals surface area contributed by atoms with Crippen molar-refractivity contribution in [2.24, 2.45) is 0 Å². The fourth-order valence-electron chi connectivity index (χ4n) is 2.05. The van der Waals surface area contributed by atoms with Crippen LogP contribution in [-0.4, -0.2) is 29.4 Å². The lowest BCUT2D eigenvalue weighted by molar-refractivity contribution is -0.129. The van der Waals surface area contributed by atoms with Gasteiger partial charge in [-0.2, -0.15) is 0 Å². The molecule has 1 aromatic carbocycles. The number of carbonyl (C=O) groups excluding carboxylic acids is 2. The number of ether oxygens (including phenoxy) is 1. The maximum Gasteiger partial charge on any atom is 0.261 e. The highest BCUT2D eigenvalue weighted by molar-refractivity contribution is 7.13. The first-order valence-electron chi connectivity index (χ1n) is 8.00. The standard InChI is InChI=1S/C18H23N3O3S/c1-12(24-14-7-5-13(6-8-14)18(2,3)4)16(23)20-11-15(22)21-17-19-9-10-25-17/h5-10,12H,11H2,1-4H3,(H,20,23)(H,19,21,22)/t12-/m0/s1. The van der Waals surface area contributed by atoms with Crippen molar-refractivity contribution in [2.75, 3.05) is 11.9 Å². The molecule has 2 N–H and O–H groups in total. The third-order valence-electron chi connectivity index (χ3n) is 3.50. The SMILES string of the molecule is C[C@H](Oc1ccc(C(C)(C)C)cc1)C(=O)NCC(=O)Nc1nccs1. The van der Waals surface area contributed by atoms with E-state index < -0.39 is 6.10 Å². The lowest BCUT2D eigenvalue weighted by atomic mass is 9.87. The molecule has 2 amide bonds. The van der Waals surface area contributed by atoms with Gasteiger partial charge >= 0.3 is 0 Å². The number of hydrogen-bond donors (Lipinski definition) is 2. The topological polar surface area (TPSA) is 80.3 Å². The molecule has 1 heterocycles. The van der Waals surface area contributed by atoms with Crippen molar-refractivity contribution in [3.05, 3.63) is 41.4 Å². The number of hydrogen-bond acceptors (Lipinski definition) is 5. The van der Waals surface area contributed by atoms with Crippen molar-refractivity contribution in [3.8, 4) is 5.75 Å². The highest BCUT2D eigenvalue weighted by Gasteiger charge is 2.17. The van der Waals surface area contributed by atoms with E-state index in [-0.39, 0.29) is 23.8 Å². The summed E-state index contributed by atoms with van der Waals surface area (Å²) in [5.74, 6) is -0.0675. The number of nitrogens with one attached hydrogen (secondary N) is 2. The molecule has 0 radical (unpaired) electrons. The monoisotopic (exact) mass is 361 g/mol. The minimum Gasteiger partial charge on any atom is -0.481 e. The summed E-state index contributed by atoms with van der Waals surface area (Å²) in [4.78, 5) is 27.7. The van der Waals surface area contributed by atoms with Crippen molar-refractivity contribution < 1.29 is 14.3 Å². The number of thiazole rings is 1. The second-order valence-electron chi connectivity index (χ2n) is 6.64. The second kappa shape index (κ2) is 8.11. The van der Waals surface area contributed by atoms with Crippen LogP contribution in [0.2, 0.25) is 0 Å². The summed E-state index contributed by atoms with van der Waals surface area (Å²) in [6.45, 7) is 7.92. The van der Waals surface area contributed by atoms with Gasteiger partial charge in [-0.05, 0) is 30.0 Å². The van der Waals surface area contributed by atoms with Gasteiger partial charge in [-0.15, -0.1) is 11.3 Å². The van der Waals surface area contributed by atoms with Crippen LogP contribution in [0.1, 0.15) is 33.3 Å². The predicted octanol–water partition coefficient (Wildman–Crippen LogP) is 2.96. The molecule has 25 heavy (non-hydrogen) atoms. The fourth-order valence-corrected chi connectivity index (χ4v) is 2.60. The van der Waals surface area contributed by atoms with Gasteiger partial charge in [-0.3, -0.25) is 9.59 Å². The molecule has 0 aliphatic rings. The quantitative estimate of drug-likeness (QED) is 0.829. The zero-order chi connectivity index (χ0) is 18.4. The first-order chi connectivity index (χ1) is 11.8. The Kier molecular flexibility index (Phi) is 6.14. The van der Waals surface area contributed by atoms with Crippen LogP contribution >= 0.6 is 11.3 Å². The van der Waals surface area contributed by atoms with E-state index in [2.05, 4.69) is 36.4 Å². The van der Waals surface area contributed by atoms with E-state index in [4.69, 9.17) is 4.74 Å². The first-order valence-corrected chi connectivity index (χ1v) is 8.88. The first kappa shape index (κ1) is 18.9. The summed E-state index contributed by atoms with van der Waals surface area (Å²) >= 11 is 1.32. The van der Waals surface area contributed by atoms with E-state index >= 15 is 0 Å². The summed E-state index contributed by atoms with van der Waals surface area (Å²) in [6, 6.07) is 7.67. The van der Waals surface area contributed by atoms with Crippen LogP contribution in [0.4, 0.5) is 5.13 Å². The maximum absolute atomic E-state index is 12.1. The van der Waals surface area contributed by atoms with Gasteiger partial charge in [-0.1, -0.05) is 32.9 Å². The molecular weight excluding hydrogens is 338 g/mol. The minimum absolute atomic E-state index is 0.0618. The van der Waals surface area contributed by atoms with E-state index in [1.165, 1.54) is 16.9 Å². The van der Waals surface area contributed by atoms with Gasteiger partial charge in [0.25, 0.3) is 5.91 Å². The lowest BCUT2D eigenvalue weighted by Crippen LogP contribution is -2.40. The maximum atomic E-state index is 12.1. The smallest absolute Gasteiger partial charge is 0.261 e. The number of carbonyl (C=O) groups is 2. The van der Waals surface area contributed by atoms with Crippen molar-refractivity contribution in [3.63, 3.8) is 0 Å². The van der Waals surface area contributed by atoms with Gasteiger partial charge in [0.15, 0.2) is 11.2 Å². The van der Waals surface area contributed by atoms with Gasteiger partial charge in [0.2, 0.25) is 5.91 Å². The van der Waals surface area contributed by atoms with E-state index in [0.29, 0.717) is 10.9 Å². The molecule has 0 aliphatic heterocycles. The minimum atomic E-state index is -0.701. The largest absolute Gasteiger partial charge is 0.481 e. The number of nitrogens with zero attached hydrogens (tertiary/aromatic N) is 1. The number of amides is 2. The molecular formula is C18H23N3O3S. The molecule has 2 rings (SSSR count). The van der Waals surface area contributed by atoms with Gasteiger partial charge < -0.3 is 15.4 Å². The number of anilines is 1. The van der Waals surface area contributed by atoms with E-state index in [0.717, 1.165) is 0 Å². The molecule has 0 bridgehead atoms. The molecule has 0 spiro atoms. The average Bonchev–Trinajstić information content (AvgIpc) is 3.05. The third-order valence-corrected chi connectivity index (χ3v) is 4.19. The van der Waals surface area contributed by atoms with Gasteiger partial charge in [-0.25, -0.2) is 4.98 Å². The van der Waals surface area contributed by atoms with Gasteiger partial charge in [0.05, 0.1) is 6.54 Å². The number of benzene rings is 1. The van der Waals surface area contributed by atoms with E-state index in [9.17, 15) is 9.59 Å².